The summed E-state index contributed by atoms with van der Waals surface area (Å²) in [7, 11) is 3.23. The number of anilines is 1. The maximum Gasteiger partial charge on any atom is 0.328 e. The van der Waals surface area contributed by atoms with Crippen LogP contribution in [0.2, 0.25) is 0 Å². The van der Waals surface area contributed by atoms with Crippen molar-refractivity contribution in [3.05, 3.63) is 24.3 Å². The van der Waals surface area contributed by atoms with Crippen LogP contribution in [-0.2, 0) is 9.53 Å². The number of morpholine rings is 1. The second-order valence-corrected chi connectivity index (χ2v) is 8.22. The minimum atomic E-state index is -0.484. The molecule has 2 unspecified atom stereocenters. The molecular formula is C21H28N6O4. The Morgan fingerprint density at radius 1 is 1.13 bits per heavy atom. The summed E-state index contributed by atoms with van der Waals surface area (Å²) < 4.78 is 11.4. The first-order valence-corrected chi connectivity index (χ1v) is 10.7. The summed E-state index contributed by atoms with van der Waals surface area (Å²) in [4.78, 5) is 39.0. The van der Waals surface area contributed by atoms with Crippen molar-refractivity contribution in [2.45, 2.75) is 12.2 Å². The summed E-state index contributed by atoms with van der Waals surface area (Å²) >= 11 is 0. The minimum absolute atomic E-state index is 0.200. The van der Waals surface area contributed by atoms with Crippen LogP contribution in [0.15, 0.2) is 29.3 Å². The molecule has 2 atom stereocenters. The molecule has 10 heteroatoms. The van der Waals surface area contributed by atoms with Crippen LogP contribution in [0.25, 0.3) is 0 Å². The van der Waals surface area contributed by atoms with E-state index in [2.05, 4.69) is 9.80 Å². The Balaban J connectivity index is 1.29. The molecule has 166 valence electrons. The number of rotatable bonds is 5. The van der Waals surface area contributed by atoms with E-state index in [1.54, 1.807) is 11.9 Å². The number of fused-ring (bicyclic) bond motifs is 3. The van der Waals surface area contributed by atoms with Crippen molar-refractivity contribution < 1.29 is 19.1 Å². The number of aliphatic imine (C=N–C) groups is 1. The van der Waals surface area contributed by atoms with E-state index < -0.39 is 12.2 Å². The lowest BCUT2D eigenvalue weighted by molar-refractivity contribution is -0.135. The Kier molecular flexibility index (Phi) is 5.19. The molecule has 4 heterocycles. The topological polar surface area (TPSA) is 81.2 Å². The standard InChI is InChI=1S/C21H28N6O4/c1-23-18-17(19(28)24(2)21(23)29)27-7-6-26(20(27)22-18)15-4-3-5-16(14-15)31-13-10-25-8-11-30-12-9-25/h3-5,14,17-18H,6-13H2,1-2H3. The van der Waals surface area contributed by atoms with Crippen LogP contribution in [0, 0.1) is 0 Å². The molecule has 0 aliphatic carbocycles. The van der Waals surface area contributed by atoms with Crippen LogP contribution >= 0.6 is 0 Å². The van der Waals surface area contributed by atoms with Gasteiger partial charge in [-0.25, -0.2) is 9.79 Å². The zero-order valence-corrected chi connectivity index (χ0v) is 17.9. The van der Waals surface area contributed by atoms with E-state index in [-0.39, 0.29) is 11.9 Å². The van der Waals surface area contributed by atoms with Crippen molar-refractivity contribution in [3.8, 4) is 5.75 Å². The molecule has 4 aliphatic heterocycles. The van der Waals surface area contributed by atoms with E-state index in [0.717, 1.165) is 56.8 Å². The number of hydrogen-bond acceptors (Lipinski definition) is 8. The molecule has 10 nitrogen and oxygen atoms in total. The number of hydrogen-bond donors (Lipinski definition) is 0. The lowest BCUT2D eigenvalue weighted by Crippen LogP contribution is -2.63. The average molecular weight is 428 g/mol. The number of carbonyl (C=O) groups excluding carboxylic acids is 2. The van der Waals surface area contributed by atoms with Crippen LogP contribution in [0.4, 0.5) is 10.5 Å². The largest absolute Gasteiger partial charge is 0.492 e. The Bertz CT molecular complexity index is 902. The number of urea groups is 1. The molecule has 3 amide bonds. The van der Waals surface area contributed by atoms with E-state index in [9.17, 15) is 9.59 Å². The number of guanidine groups is 1. The van der Waals surface area contributed by atoms with E-state index in [0.29, 0.717) is 13.2 Å². The van der Waals surface area contributed by atoms with E-state index in [4.69, 9.17) is 14.5 Å². The van der Waals surface area contributed by atoms with Gasteiger partial charge in [0.05, 0.1) is 13.2 Å². The molecule has 5 rings (SSSR count). The molecule has 1 aromatic rings. The van der Waals surface area contributed by atoms with E-state index in [1.807, 2.05) is 29.2 Å². The molecule has 0 radical (unpaired) electrons. The third-order valence-corrected chi connectivity index (χ3v) is 6.41. The summed E-state index contributed by atoms with van der Waals surface area (Å²) in [5.74, 6) is 1.35. The van der Waals surface area contributed by atoms with Crippen molar-refractivity contribution in [2.24, 2.45) is 4.99 Å². The Labute approximate surface area is 181 Å². The molecule has 3 saturated heterocycles. The van der Waals surface area contributed by atoms with Gasteiger partial charge < -0.3 is 24.2 Å². The van der Waals surface area contributed by atoms with E-state index >= 15 is 0 Å². The summed E-state index contributed by atoms with van der Waals surface area (Å²) in [6.07, 6.45) is -0.484. The second kappa shape index (κ2) is 8.01. The quantitative estimate of drug-likeness (QED) is 0.658. The van der Waals surface area contributed by atoms with Gasteiger partial charge in [0, 0.05) is 58.6 Å². The fraction of sp³-hybridized carbons (Fsp3) is 0.571. The van der Waals surface area contributed by atoms with Crippen molar-refractivity contribution in [2.75, 3.05) is 71.5 Å². The maximum atomic E-state index is 12.8. The SMILES string of the molecule is CN1C(=O)C2C(N=C3N(c4cccc(OCCN5CCOCC5)c4)CCN32)N(C)C1=O. The highest BCUT2D eigenvalue weighted by Gasteiger charge is 2.53. The minimum Gasteiger partial charge on any atom is -0.492 e. The number of likely N-dealkylation sites (N-methyl/N-ethyl adjacent to an activating group) is 2. The number of amides is 3. The van der Waals surface area contributed by atoms with Gasteiger partial charge in [0.15, 0.2) is 12.2 Å². The zero-order valence-electron chi connectivity index (χ0n) is 17.9. The number of nitrogens with zero attached hydrogens (tertiary/aromatic N) is 6. The highest BCUT2D eigenvalue weighted by Crippen LogP contribution is 2.33. The molecule has 31 heavy (non-hydrogen) atoms. The summed E-state index contributed by atoms with van der Waals surface area (Å²) in [5, 5.41) is 0. The first-order valence-electron chi connectivity index (χ1n) is 10.7. The van der Waals surface area contributed by atoms with Crippen molar-refractivity contribution in [3.63, 3.8) is 0 Å². The molecule has 0 spiro atoms. The monoisotopic (exact) mass is 428 g/mol. The molecule has 0 aromatic heterocycles. The van der Waals surface area contributed by atoms with E-state index in [1.165, 1.54) is 11.9 Å². The van der Waals surface area contributed by atoms with Gasteiger partial charge in [-0.1, -0.05) is 6.07 Å². The molecule has 0 bridgehead atoms. The molecular weight excluding hydrogens is 400 g/mol. The highest BCUT2D eigenvalue weighted by molar-refractivity contribution is 6.07. The predicted octanol–water partition coefficient (Wildman–Crippen LogP) is 0.108. The van der Waals surface area contributed by atoms with Crippen LogP contribution in [0.3, 0.4) is 0 Å². The highest BCUT2D eigenvalue weighted by atomic mass is 16.5. The third-order valence-electron chi connectivity index (χ3n) is 6.41. The second-order valence-electron chi connectivity index (χ2n) is 8.22. The Morgan fingerprint density at radius 3 is 2.74 bits per heavy atom. The lowest BCUT2D eigenvalue weighted by atomic mass is 10.1. The smallest absolute Gasteiger partial charge is 0.328 e. The van der Waals surface area contributed by atoms with Gasteiger partial charge in [-0.05, 0) is 12.1 Å². The van der Waals surface area contributed by atoms with Gasteiger partial charge in [0.25, 0.3) is 5.91 Å². The molecule has 0 saturated carbocycles. The fourth-order valence-electron chi connectivity index (χ4n) is 4.62. The van der Waals surface area contributed by atoms with Gasteiger partial charge in [0.1, 0.15) is 12.4 Å². The Hall–Kier alpha value is -2.85. The molecule has 3 fully saturated rings. The van der Waals surface area contributed by atoms with Crippen LogP contribution in [-0.4, -0.2) is 116 Å². The molecule has 4 aliphatic rings. The van der Waals surface area contributed by atoms with Crippen LogP contribution in [0.5, 0.6) is 5.75 Å². The maximum absolute atomic E-state index is 12.8. The third kappa shape index (κ3) is 3.49. The number of ether oxygens (including phenoxy) is 2. The average Bonchev–Trinajstić information content (AvgIpc) is 3.37. The summed E-state index contributed by atoms with van der Waals surface area (Å²) in [6, 6.07) is 7.18. The summed E-state index contributed by atoms with van der Waals surface area (Å²) in [6.45, 7) is 6.36. The van der Waals surface area contributed by atoms with Gasteiger partial charge in [-0.3, -0.25) is 14.6 Å². The van der Waals surface area contributed by atoms with Crippen molar-refractivity contribution >= 4 is 23.6 Å². The zero-order chi connectivity index (χ0) is 21.5. The summed E-state index contributed by atoms with van der Waals surface area (Å²) in [5.41, 5.74) is 0.971. The van der Waals surface area contributed by atoms with Gasteiger partial charge >= 0.3 is 6.03 Å². The first-order chi connectivity index (χ1) is 15.0. The van der Waals surface area contributed by atoms with Gasteiger partial charge in [-0.2, -0.15) is 0 Å². The predicted molar refractivity (Wildman–Crippen MR) is 114 cm³/mol. The van der Waals surface area contributed by atoms with Crippen molar-refractivity contribution in [1.29, 1.82) is 0 Å². The van der Waals surface area contributed by atoms with Crippen LogP contribution < -0.4 is 9.64 Å². The molecule has 1 aromatic carbocycles. The normalized spacial score (nSPS) is 26.3. The first kappa shape index (κ1) is 20.1. The van der Waals surface area contributed by atoms with Gasteiger partial charge in [0.2, 0.25) is 5.96 Å². The fourth-order valence-corrected chi connectivity index (χ4v) is 4.62. The molecule has 0 N–H and O–H groups in total. The van der Waals surface area contributed by atoms with Crippen LogP contribution in [0.1, 0.15) is 0 Å². The van der Waals surface area contributed by atoms with Crippen molar-refractivity contribution in [1.82, 2.24) is 19.6 Å². The number of carbonyl (C=O) groups is 2. The lowest BCUT2D eigenvalue weighted by Gasteiger charge is -2.38. The number of benzene rings is 1. The van der Waals surface area contributed by atoms with Gasteiger partial charge in [-0.15, -0.1) is 0 Å². The number of imide groups is 1. The Morgan fingerprint density at radius 2 is 1.94 bits per heavy atom.